The topological polar surface area (TPSA) is 65.2 Å². The first-order chi connectivity index (χ1) is 6.97. The van der Waals surface area contributed by atoms with Gasteiger partial charge < -0.3 is 10.4 Å². The summed E-state index contributed by atoms with van der Waals surface area (Å²) in [5.74, 6) is 0.318. The SMILES string of the molecule is CC1(C)[C@@H]2CC[C@@]1(C)/C(=N\O)C/C2=N/O. The van der Waals surface area contributed by atoms with E-state index in [1.165, 1.54) is 0 Å². The summed E-state index contributed by atoms with van der Waals surface area (Å²) in [5, 5.41) is 24.9. The Labute approximate surface area is 89.7 Å². The Hall–Kier alpha value is -1.06. The Morgan fingerprint density at radius 1 is 1.20 bits per heavy atom. The van der Waals surface area contributed by atoms with Crippen molar-refractivity contribution in [3.63, 3.8) is 0 Å². The van der Waals surface area contributed by atoms with Gasteiger partial charge in [-0.2, -0.15) is 0 Å². The van der Waals surface area contributed by atoms with Crippen LogP contribution in [-0.2, 0) is 0 Å². The monoisotopic (exact) mass is 210 g/mol. The first-order valence-electron chi connectivity index (χ1n) is 5.39. The molecule has 2 aliphatic rings. The summed E-state index contributed by atoms with van der Waals surface area (Å²) in [6.45, 7) is 6.48. The van der Waals surface area contributed by atoms with E-state index < -0.39 is 0 Å². The maximum Gasteiger partial charge on any atom is 0.0692 e. The molecule has 84 valence electrons. The number of oxime groups is 2. The van der Waals surface area contributed by atoms with Crippen LogP contribution in [0.15, 0.2) is 10.3 Å². The third-order valence-electron chi connectivity index (χ3n) is 4.86. The van der Waals surface area contributed by atoms with E-state index in [4.69, 9.17) is 10.4 Å². The highest BCUT2D eigenvalue weighted by molar-refractivity contribution is 6.11. The number of hydrogen-bond donors (Lipinski definition) is 2. The maximum absolute atomic E-state index is 9.07. The zero-order chi connectivity index (χ0) is 11.3. The number of rotatable bonds is 0. The van der Waals surface area contributed by atoms with E-state index in [0.717, 1.165) is 24.3 Å². The molecule has 2 fully saturated rings. The van der Waals surface area contributed by atoms with Crippen molar-refractivity contribution in [3.8, 4) is 0 Å². The van der Waals surface area contributed by atoms with Crippen molar-refractivity contribution in [2.24, 2.45) is 27.1 Å². The van der Waals surface area contributed by atoms with Crippen LogP contribution in [0, 0.1) is 16.7 Å². The largest absolute Gasteiger partial charge is 0.411 e. The van der Waals surface area contributed by atoms with E-state index in [1.54, 1.807) is 0 Å². The Morgan fingerprint density at radius 2 is 1.87 bits per heavy atom. The Balaban J connectivity index is 2.54. The minimum absolute atomic E-state index is 0.00831. The second-order valence-corrected chi connectivity index (χ2v) is 5.46. The fourth-order valence-electron chi connectivity index (χ4n) is 3.34. The highest BCUT2D eigenvalue weighted by atomic mass is 16.4. The Kier molecular flexibility index (Phi) is 2.07. The molecule has 0 unspecified atom stereocenters. The number of nitrogens with zero attached hydrogens (tertiary/aromatic N) is 2. The van der Waals surface area contributed by atoms with Gasteiger partial charge in [-0.25, -0.2) is 0 Å². The van der Waals surface area contributed by atoms with Crippen molar-refractivity contribution < 1.29 is 10.4 Å². The molecule has 2 aliphatic carbocycles. The van der Waals surface area contributed by atoms with Crippen molar-refractivity contribution in [1.29, 1.82) is 0 Å². The Morgan fingerprint density at radius 3 is 2.40 bits per heavy atom. The van der Waals surface area contributed by atoms with E-state index >= 15 is 0 Å². The van der Waals surface area contributed by atoms with Crippen LogP contribution in [0.4, 0.5) is 0 Å². The molecule has 0 aliphatic heterocycles. The molecule has 0 aromatic rings. The minimum atomic E-state index is -0.0550. The molecule has 0 heterocycles. The summed E-state index contributed by atoms with van der Waals surface area (Å²) in [7, 11) is 0. The molecule has 0 radical (unpaired) electrons. The van der Waals surface area contributed by atoms with Gasteiger partial charge >= 0.3 is 0 Å². The molecule has 2 atom stereocenters. The van der Waals surface area contributed by atoms with Gasteiger partial charge in [0.05, 0.1) is 11.4 Å². The maximum atomic E-state index is 9.07. The minimum Gasteiger partial charge on any atom is -0.411 e. The van der Waals surface area contributed by atoms with Crippen LogP contribution in [0.1, 0.15) is 40.0 Å². The normalized spacial score (nSPS) is 43.8. The third kappa shape index (κ3) is 1.08. The molecule has 2 saturated carbocycles. The van der Waals surface area contributed by atoms with Crippen LogP contribution < -0.4 is 0 Å². The number of hydrogen-bond acceptors (Lipinski definition) is 4. The van der Waals surface area contributed by atoms with Gasteiger partial charge in [0, 0.05) is 17.8 Å². The van der Waals surface area contributed by atoms with Crippen LogP contribution >= 0.6 is 0 Å². The average molecular weight is 210 g/mol. The van der Waals surface area contributed by atoms with E-state index in [1.807, 2.05) is 0 Å². The van der Waals surface area contributed by atoms with Crippen molar-refractivity contribution in [2.75, 3.05) is 0 Å². The molecule has 4 heteroatoms. The van der Waals surface area contributed by atoms with Crippen LogP contribution in [0.2, 0.25) is 0 Å². The zero-order valence-electron chi connectivity index (χ0n) is 9.49. The van der Waals surface area contributed by atoms with E-state index in [9.17, 15) is 0 Å². The summed E-state index contributed by atoms with van der Waals surface area (Å²) >= 11 is 0. The van der Waals surface area contributed by atoms with Gasteiger partial charge in [-0.05, 0) is 18.3 Å². The van der Waals surface area contributed by atoms with Crippen LogP contribution in [-0.4, -0.2) is 21.8 Å². The molecule has 2 bridgehead atoms. The van der Waals surface area contributed by atoms with Crippen molar-refractivity contribution in [1.82, 2.24) is 0 Å². The van der Waals surface area contributed by atoms with Crippen molar-refractivity contribution >= 4 is 11.4 Å². The number of fused-ring (bicyclic) bond motifs is 2. The van der Waals surface area contributed by atoms with Gasteiger partial charge in [-0.3, -0.25) is 0 Å². The summed E-state index contributed by atoms with van der Waals surface area (Å²) in [6.07, 6.45) is 2.53. The van der Waals surface area contributed by atoms with Crippen LogP contribution in [0.3, 0.4) is 0 Å². The zero-order valence-corrected chi connectivity index (χ0v) is 9.49. The van der Waals surface area contributed by atoms with Gasteiger partial charge in [0.25, 0.3) is 0 Å². The molecule has 0 aromatic carbocycles. The van der Waals surface area contributed by atoms with E-state index in [-0.39, 0.29) is 10.8 Å². The van der Waals surface area contributed by atoms with Crippen molar-refractivity contribution in [2.45, 2.75) is 40.0 Å². The molecule has 15 heavy (non-hydrogen) atoms. The van der Waals surface area contributed by atoms with Gasteiger partial charge in [0.15, 0.2) is 0 Å². The molecule has 0 saturated heterocycles. The van der Waals surface area contributed by atoms with Gasteiger partial charge in [0.1, 0.15) is 0 Å². The first-order valence-corrected chi connectivity index (χ1v) is 5.39. The molecular weight excluding hydrogens is 192 g/mol. The molecule has 0 spiro atoms. The summed E-state index contributed by atoms with van der Waals surface area (Å²) in [5.41, 5.74) is 1.48. The highest BCUT2D eigenvalue weighted by Gasteiger charge is 2.59. The van der Waals surface area contributed by atoms with E-state index in [2.05, 4.69) is 31.1 Å². The molecule has 2 rings (SSSR count). The molecule has 4 nitrogen and oxygen atoms in total. The summed E-state index contributed by atoms with van der Waals surface area (Å²) in [4.78, 5) is 0. The Bertz CT molecular complexity index is 346. The second-order valence-electron chi connectivity index (χ2n) is 5.46. The summed E-state index contributed by atoms with van der Waals surface area (Å²) < 4.78 is 0. The molecule has 2 N–H and O–H groups in total. The lowest BCUT2D eigenvalue weighted by Gasteiger charge is -2.46. The van der Waals surface area contributed by atoms with Crippen molar-refractivity contribution in [3.05, 3.63) is 0 Å². The predicted molar refractivity (Wildman–Crippen MR) is 57.7 cm³/mol. The van der Waals surface area contributed by atoms with Gasteiger partial charge in [-0.1, -0.05) is 31.1 Å². The fourth-order valence-corrected chi connectivity index (χ4v) is 3.34. The highest BCUT2D eigenvalue weighted by Crippen LogP contribution is 2.60. The van der Waals surface area contributed by atoms with Crippen LogP contribution in [0.5, 0.6) is 0 Å². The average Bonchev–Trinajstić information content (AvgIpc) is 2.37. The molecule has 0 aromatic heterocycles. The van der Waals surface area contributed by atoms with E-state index in [0.29, 0.717) is 12.3 Å². The quantitative estimate of drug-likeness (QED) is 0.476. The van der Waals surface area contributed by atoms with Crippen LogP contribution in [0.25, 0.3) is 0 Å². The fraction of sp³-hybridized carbons (Fsp3) is 0.818. The second kappa shape index (κ2) is 2.97. The van der Waals surface area contributed by atoms with Gasteiger partial charge in [-0.15, -0.1) is 0 Å². The first kappa shape index (κ1) is 10.5. The molecule has 0 amide bonds. The van der Waals surface area contributed by atoms with Gasteiger partial charge in [0.2, 0.25) is 0 Å². The smallest absolute Gasteiger partial charge is 0.0692 e. The predicted octanol–water partition coefficient (Wildman–Crippen LogP) is 2.49. The molecular formula is C11H18N2O2. The third-order valence-corrected chi connectivity index (χ3v) is 4.86. The lowest BCUT2D eigenvalue weighted by atomic mass is 9.57. The lowest BCUT2D eigenvalue weighted by Crippen LogP contribution is -2.48. The standard InChI is InChI=1S/C11H18N2O2/c1-10(2)7-4-5-11(10,3)9(13-15)6-8(7)12-14/h7,14-15H,4-6H2,1-3H3/b12-8-,13-9-/t7-,11+/m1/s1. The summed E-state index contributed by atoms with van der Waals surface area (Å²) in [6, 6.07) is 0. The lowest BCUT2D eigenvalue weighted by molar-refractivity contribution is 0.164.